The summed E-state index contributed by atoms with van der Waals surface area (Å²) in [7, 11) is 1.59. The predicted molar refractivity (Wildman–Crippen MR) is 84.0 cm³/mol. The molecule has 0 atom stereocenters. The van der Waals surface area contributed by atoms with Crippen molar-refractivity contribution < 1.29 is 18.3 Å². The zero-order valence-electron chi connectivity index (χ0n) is 13.1. The van der Waals surface area contributed by atoms with Gasteiger partial charge in [0.2, 0.25) is 5.88 Å². The average molecular weight is 328 g/mol. The number of carbonyl (C=O) groups is 1. The molecule has 0 aliphatic heterocycles. The van der Waals surface area contributed by atoms with Gasteiger partial charge in [-0.2, -0.15) is 4.98 Å². The smallest absolute Gasteiger partial charge is 0.272 e. The topological polar surface area (TPSA) is 89.3 Å². The van der Waals surface area contributed by atoms with Gasteiger partial charge in [-0.05, 0) is 18.9 Å². The lowest BCUT2D eigenvalue weighted by molar-refractivity contribution is 0.0770. The molecular weight excluding hydrogens is 306 g/mol. The number of aromatic nitrogens is 1. The number of ether oxygens (including phenoxy) is 1. The van der Waals surface area contributed by atoms with Crippen molar-refractivity contribution in [2.75, 3.05) is 24.7 Å². The number of hydrogen-bond donors (Lipinski definition) is 3. The zero-order chi connectivity index (χ0) is 16.8. The van der Waals surface area contributed by atoms with E-state index in [1.54, 1.807) is 7.05 Å². The second-order valence-electron chi connectivity index (χ2n) is 5.54. The van der Waals surface area contributed by atoms with E-state index < -0.39 is 18.9 Å². The summed E-state index contributed by atoms with van der Waals surface area (Å²) in [6, 6.07) is 1.49. The lowest BCUT2D eigenvalue weighted by atomic mass is 9.95. The Labute approximate surface area is 133 Å². The Morgan fingerprint density at radius 2 is 2.13 bits per heavy atom. The Kier molecular flexibility index (Phi) is 5.95. The number of hydrogen-bond acceptors (Lipinski definition) is 5. The summed E-state index contributed by atoms with van der Waals surface area (Å²) in [5.74, 6) is -0.260. The summed E-state index contributed by atoms with van der Waals surface area (Å²) >= 11 is 0. The van der Waals surface area contributed by atoms with E-state index >= 15 is 0 Å². The maximum atomic E-state index is 12.4. The van der Waals surface area contributed by atoms with Crippen LogP contribution in [0.5, 0.6) is 5.88 Å². The number of pyridine rings is 1. The Morgan fingerprint density at radius 1 is 1.43 bits per heavy atom. The third-order valence-electron chi connectivity index (χ3n) is 3.78. The number of halogens is 2. The van der Waals surface area contributed by atoms with Crippen LogP contribution in [0.2, 0.25) is 0 Å². The van der Waals surface area contributed by atoms with Crippen LogP contribution in [0.4, 0.5) is 20.3 Å². The normalized spacial score (nSPS) is 15.5. The highest BCUT2D eigenvalue weighted by molar-refractivity contribution is 5.98. The number of nitrogens with two attached hydrogens (primary N) is 1. The first-order valence-electron chi connectivity index (χ1n) is 7.71. The van der Waals surface area contributed by atoms with Crippen molar-refractivity contribution in [1.29, 1.82) is 0 Å². The third-order valence-corrected chi connectivity index (χ3v) is 3.78. The molecule has 1 heterocycles. The molecule has 0 radical (unpaired) electrons. The van der Waals surface area contributed by atoms with Crippen molar-refractivity contribution in [2.45, 2.75) is 44.6 Å². The van der Waals surface area contributed by atoms with Crippen LogP contribution in [0.1, 0.15) is 42.5 Å². The van der Waals surface area contributed by atoms with Crippen molar-refractivity contribution in [3.63, 3.8) is 0 Å². The molecule has 1 aliphatic rings. The Hall–Kier alpha value is -2.12. The standard InChI is InChI=1S/C15H22F2N4O2/c1-19-13-11(18)7-10(15(21-13)23-8-12(16)17)14(22)20-9-5-3-2-4-6-9/h7,9,12H,2-6,8,18H2,1H3,(H,19,21)(H,20,22). The number of nitrogen functional groups attached to an aromatic ring is 1. The summed E-state index contributed by atoms with van der Waals surface area (Å²) < 4.78 is 29.8. The molecule has 0 spiro atoms. The highest BCUT2D eigenvalue weighted by Crippen LogP contribution is 2.26. The Bertz CT molecular complexity index is 549. The summed E-state index contributed by atoms with van der Waals surface area (Å²) in [5, 5.41) is 5.64. The minimum absolute atomic E-state index is 0.0766. The van der Waals surface area contributed by atoms with Gasteiger partial charge in [-0.3, -0.25) is 4.79 Å². The number of nitrogens with one attached hydrogen (secondary N) is 2. The molecule has 128 valence electrons. The number of anilines is 2. The molecule has 1 saturated carbocycles. The van der Waals surface area contributed by atoms with Gasteiger partial charge in [0.05, 0.1) is 5.69 Å². The van der Waals surface area contributed by atoms with E-state index in [0.717, 1.165) is 25.7 Å². The van der Waals surface area contributed by atoms with Gasteiger partial charge in [0.1, 0.15) is 5.56 Å². The van der Waals surface area contributed by atoms with Crippen LogP contribution in [0.25, 0.3) is 0 Å². The van der Waals surface area contributed by atoms with E-state index in [1.807, 2.05) is 0 Å². The van der Waals surface area contributed by atoms with E-state index in [1.165, 1.54) is 12.5 Å². The molecule has 1 amide bonds. The third kappa shape index (κ3) is 4.67. The summed E-state index contributed by atoms with van der Waals surface area (Å²) in [6.07, 6.45) is 2.48. The second-order valence-corrected chi connectivity index (χ2v) is 5.54. The summed E-state index contributed by atoms with van der Waals surface area (Å²) in [6.45, 7) is -0.830. The van der Waals surface area contributed by atoms with E-state index in [4.69, 9.17) is 10.5 Å². The minimum atomic E-state index is -2.65. The maximum absolute atomic E-state index is 12.4. The van der Waals surface area contributed by atoms with Crippen LogP contribution in [0, 0.1) is 0 Å². The predicted octanol–water partition coefficient (Wildman–Crippen LogP) is 2.41. The van der Waals surface area contributed by atoms with Crippen molar-refractivity contribution in [1.82, 2.24) is 10.3 Å². The lowest BCUT2D eigenvalue weighted by Crippen LogP contribution is -2.36. The fourth-order valence-corrected chi connectivity index (χ4v) is 2.64. The largest absolute Gasteiger partial charge is 0.471 e. The van der Waals surface area contributed by atoms with Crippen LogP contribution < -0.4 is 21.1 Å². The molecule has 6 nitrogen and oxygen atoms in total. The highest BCUT2D eigenvalue weighted by Gasteiger charge is 2.22. The lowest BCUT2D eigenvalue weighted by Gasteiger charge is -2.23. The molecule has 1 aromatic rings. The fraction of sp³-hybridized carbons (Fsp3) is 0.600. The van der Waals surface area contributed by atoms with Gasteiger partial charge >= 0.3 is 0 Å². The van der Waals surface area contributed by atoms with Crippen LogP contribution >= 0.6 is 0 Å². The number of amides is 1. The average Bonchev–Trinajstić information content (AvgIpc) is 2.54. The highest BCUT2D eigenvalue weighted by atomic mass is 19.3. The zero-order valence-corrected chi connectivity index (χ0v) is 13.1. The Balaban J connectivity index is 2.19. The van der Waals surface area contributed by atoms with E-state index in [9.17, 15) is 13.6 Å². The molecule has 0 bridgehead atoms. The van der Waals surface area contributed by atoms with Crippen molar-refractivity contribution in [3.05, 3.63) is 11.6 Å². The molecule has 8 heteroatoms. The Morgan fingerprint density at radius 3 is 2.74 bits per heavy atom. The van der Waals surface area contributed by atoms with Crippen molar-refractivity contribution >= 4 is 17.4 Å². The van der Waals surface area contributed by atoms with Crippen molar-refractivity contribution in [3.8, 4) is 5.88 Å². The first kappa shape index (κ1) is 17.2. The van der Waals surface area contributed by atoms with Gasteiger partial charge < -0.3 is 21.1 Å². The van der Waals surface area contributed by atoms with Crippen LogP contribution in [0.15, 0.2) is 6.07 Å². The fourth-order valence-electron chi connectivity index (χ4n) is 2.64. The van der Waals surface area contributed by atoms with Gasteiger partial charge in [-0.25, -0.2) is 8.78 Å². The van der Waals surface area contributed by atoms with E-state index in [2.05, 4.69) is 15.6 Å². The molecule has 0 unspecified atom stereocenters. The van der Waals surface area contributed by atoms with Gasteiger partial charge in [0.15, 0.2) is 12.4 Å². The van der Waals surface area contributed by atoms with Crippen LogP contribution in [-0.4, -0.2) is 37.0 Å². The molecular formula is C15H22F2N4O2. The van der Waals surface area contributed by atoms with E-state index in [0.29, 0.717) is 0 Å². The number of carbonyl (C=O) groups excluding carboxylic acids is 1. The molecule has 1 aromatic heterocycles. The van der Waals surface area contributed by atoms with Gasteiger partial charge in [-0.15, -0.1) is 0 Å². The number of rotatable bonds is 6. The first-order valence-corrected chi connectivity index (χ1v) is 7.71. The monoisotopic (exact) mass is 328 g/mol. The summed E-state index contributed by atoms with van der Waals surface area (Å²) in [4.78, 5) is 16.5. The van der Waals surface area contributed by atoms with Crippen molar-refractivity contribution in [2.24, 2.45) is 0 Å². The minimum Gasteiger partial charge on any atom is -0.471 e. The molecule has 4 N–H and O–H groups in total. The second kappa shape index (κ2) is 7.94. The SMILES string of the molecule is CNc1nc(OCC(F)F)c(C(=O)NC2CCCCC2)cc1N. The van der Waals surface area contributed by atoms with Crippen LogP contribution in [0.3, 0.4) is 0 Å². The maximum Gasteiger partial charge on any atom is 0.272 e. The first-order chi connectivity index (χ1) is 11.0. The van der Waals surface area contributed by atoms with Gasteiger partial charge in [0, 0.05) is 13.1 Å². The number of nitrogens with zero attached hydrogens (tertiary/aromatic N) is 1. The summed E-state index contributed by atoms with van der Waals surface area (Å²) in [5.41, 5.74) is 6.15. The van der Waals surface area contributed by atoms with E-state index in [-0.39, 0.29) is 29.0 Å². The van der Waals surface area contributed by atoms with Gasteiger partial charge in [0.25, 0.3) is 12.3 Å². The molecule has 1 aliphatic carbocycles. The molecule has 2 rings (SSSR count). The quantitative estimate of drug-likeness (QED) is 0.746. The van der Waals surface area contributed by atoms with Crippen LogP contribution in [-0.2, 0) is 0 Å². The molecule has 23 heavy (non-hydrogen) atoms. The molecule has 0 saturated heterocycles. The van der Waals surface area contributed by atoms with Gasteiger partial charge in [-0.1, -0.05) is 19.3 Å². The number of alkyl halides is 2. The molecule has 1 fully saturated rings. The molecule has 0 aromatic carbocycles.